The molecule has 146 valence electrons. The van der Waals surface area contributed by atoms with Crippen molar-refractivity contribution in [2.24, 2.45) is 0 Å². The van der Waals surface area contributed by atoms with E-state index < -0.39 is 5.60 Å². The summed E-state index contributed by atoms with van der Waals surface area (Å²) in [6.07, 6.45) is 0. The standard InChI is InChI=1S/C13H20O2.C8H18O2/c1-12(2,3)14-15-13(4,5)11-9-7-6-8-10-11;1-7(2,3)9-10-8(4,5)6/h6-10H,1-5H3;1-6H3. The molecule has 0 fully saturated rings. The molecule has 0 amide bonds. The summed E-state index contributed by atoms with van der Waals surface area (Å²) in [5.74, 6) is 0. The molecule has 4 nitrogen and oxygen atoms in total. The van der Waals surface area contributed by atoms with E-state index in [4.69, 9.17) is 19.6 Å². The van der Waals surface area contributed by atoms with E-state index in [2.05, 4.69) is 0 Å². The average molecular weight is 355 g/mol. The summed E-state index contributed by atoms with van der Waals surface area (Å²) in [5, 5.41) is 0. The Bertz CT molecular complexity index is 459. The van der Waals surface area contributed by atoms with Crippen molar-refractivity contribution in [1.29, 1.82) is 0 Å². The molecule has 4 heteroatoms. The Balaban J connectivity index is 0.000000504. The predicted molar refractivity (Wildman–Crippen MR) is 103 cm³/mol. The van der Waals surface area contributed by atoms with Gasteiger partial charge in [0.25, 0.3) is 0 Å². The molecule has 0 saturated carbocycles. The molecule has 1 aromatic rings. The normalized spacial score (nSPS) is 13.2. The van der Waals surface area contributed by atoms with Crippen LogP contribution in [0.3, 0.4) is 0 Å². The molecule has 0 aliphatic carbocycles. The minimum Gasteiger partial charge on any atom is -0.230 e. The van der Waals surface area contributed by atoms with Crippen molar-refractivity contribution < 1.29 is 19.6 Å². The van der Waals surface area contributed by atoms with E-state index in [1.54, 1.807) is 0 Å². The monoisotopic (exact) mass is 354 g/mol. The minimum atomic E-state index is -0.422. The van der Waals surface area contributed by atoms with Gasteiger partial charge in [0.2, 0.25) is 0 Å². The molecule has 0 spiro atoms. The van der Waals surface area contributed by atoms with Gasteiger partial charge in [-0.2, -0.15) is 0 Å². The van der Waals surface area contributed by atoms with Gasteiger partial charge in [-0.15, -0.1) is 0 Å². The molecule has 0 N–H and O–H groups in total. The number of hydrogen-bond acceptors (Lipinski definition) is 4. The molecule has 0 atom stereocenters. The lowest BCUT2D eigenvalue weighted by Gasteiger charge is -2.28. The average Bonchev–Trinajstić information content (AvgIpc) is 2.43. The zero-order valence-corrected chi connectivity index (χ0v) is 18.0. The minimum absolute atomic E-state index is 0.215. The Labute approximate surface area is 154 Å². The molecule has 0 bridgehead atoms. The maximum absolute atomic E-state index is 5.48. The van der Waals surface area contributed by atoms with Crippen molar-refractivity contribution in [3.63, 3.8) is 0 Å². The highest BCUT2D eigenvalue weighted by Gasteiger charge is 2.25. The van der Waals surface area contributed by atoms with Crippen LogP contribution in [0.1, 0.15) is 81.7 Å². The first kappa shape index (κ1) is 24.1. The van der Waals surface area contributed by atoms with Crippen LogP contribution in [0.15, 0.2) is 30.3 Å². The molecule has 0 saturated heterocycles. The van der Waals surface area contributed by atoms with Crippen LogP contribution in [0.4, 0.5) is 0 Å². The van der Waals surface area contributed by atoms with Crippen LogP contribution < -0.4 is 0 Å². The Morgan fingerprint density at radius 2 is 0.800 bits per heavy atom. The summed E-state index contributed by atoms with van der Waals surface area (Å²) >= 11 is 0. The molecule has 0 aliphatic rings. The molecule has 25 heavy (non-hydrogen) atoms. The van der Waals surface area contributed by atoms with Crippen LogP contribution in [0.2, 0.25) is 0 Å². The van der Waals surface area contributed by atoms with Crippen LogP contribution in [-0.4, -0.2) is 16.8 Å². The Kier molecular flexibility index (Phi) is 8.79. The lowest BCUT2D eigenvalue weighted by Crippen LogP contribution is -2.28. The third-order valence-electron chi connectivity index (χ3n) is 2.51. The molecule has 0 radical (unpaired) electrons. The predicted octanol–water partition coefficient (Wildman–Crippen LogP) is 6.20. The van der Waals surface area contributed by atoms with Crippen molar-refractivity contribution in [3.05, 3.63) is 35.9 Å². The lowest BCUT2D eigenvalue weighted by molar-refractivity contribution is -0.401. The number of benzene rings is 1. The molecule has 0 unspecified atom stereocenters. The summed E-state index contributed by atoms with van der Waals surface area (Å²) in [6.45, 7) is 21.6. The second-order valence-electron chi connectivity index (χ2n) is 9.55. The summed E-state index contributed by atoms with van der Waals surface area (Å²) in [6, 6.07) is 10.1. The molecular formula is C21H38O4. The third kappa shape index (κ3) is 14.0. The highest BCUT2D eigenvalue weighted by molar-refractivity contribution is 5.20. The molecule has 1 aromatic carbocycles. The SMILES string of the molecule is CC(C)(C)OOC(C)(C)C.CC(C)(C)OOC(C)(C)c1ccccc1. The van der Waals surface area contributed by atoms with Gasteiger partial charge in [0.15, 0.2) is 0 Å². The van der Waals surface area contributed by atoms with Crippen LogP contribution in [0.25, 0.3) is 0 Å². The summed E-state index contributed by atoms with van der Waals surface area (Å²) in [5.41, 5.74) is -0.0320. The van der Waals surface area contributed by atoms with E-state index in [-0.39, 0.29) is 16.8 Å². The van der Waals surface area contributed by atoms with E-state index in [0.29, 0.717) is 0 Å². The Hall–Kier alpha value is -0.940. The fourth-order valence-electron chi connectivity index (χ4n) is 1.37. The maximum Gasteiger partial charge on any atom is 0.123 e. The van der Waals surface area contributed by atoms with Crippen LogP contribution in [0, 0.1) is 0 Å². The summed E-state index contributed by atoms with van der Waals surface area (Å²) in [4.78, 5) is 21.0. The molecule has 0 aliphatic heterocycles. The third-order valence-corrected chi connectivity index (χ3v) is 2.51. The van der Waals surface area contributed by atoms with E-state index in [9.17, 15) is 0 Å². The summed E-state index contributed by atoms with van der Waals surface area (Å²) in [7, 11) is 0. The van der Waals surface area contributed by atoms with E-state index in [1.807, 2.05) is 106 Å². The van der Waals surface area contributed by atoms with Crippen LogP contribution >= 0.6 is 0 Å². The Morgan fingerprint density at radius 1 is 0.480 bits per heavy atom. The second-order valence-corrected chi connectivity index (χ2v) is 9.55. The first-order valence-corrected chi connectivity index (χ1v) is 8.81. The smallest absolute Gasteiger partial charge is 0.123 e. The van der Waals surface area contributed by atoms with Gasteiger partial charge in [-0.3, -0.25) is 0 Å². The zero-order valence-electron chi connectivity index (χ0n) is 18.0. The van der Waals surface area contributed by atoms with Crippen molar-refractivity contribution in [2.45, 2.75) is 98.6 Å². The molecular weight excluding hydrogens is 316 g/mol. The van der Waals surface area contributed by atoms with Gasteiger partial charge in [-0.05, 0) is 81.7 Å². The van der Waals surface area contributed by atoms with Gasteiger partial charge in [0.05, 0.1) is 16.8 Å². The quantitative estimate of drug-likeness (QED) is 0.476. The van der Waals surface area contributed by atoms with Crippen LogP contribution in [0.5, 0.6) is 0 Å². The van der Waals surface area contributed by atoms with Gasteiger partial charge in [0.1, 0.15) is 5.60 Å². The van der Waals surface area contributed by atoms with Gasteiger partial charge in [-0.25, -0.2) is 19.6 Å². The molecule has 1 rings (SSSR count). The van der Waals surface area contributed by atoms with E-state index in [0.717, 1.165) is 5.56 Å². The van der Waals surface area contributed by atoms with Gasteiger partial charge in [0, 0.05) is 0 Å². The fraction of sp³-hybridized carbons (Fsp3) is 0.714. The number of hydrogen-bond donors (Lipinski definition) is 0. The van der Waals surface area contributed by atoms with Gasteiger partial charge in [-0.1, -0.05) is 30.3 Å². The van der Waals surface area contributed by atoms with E-state index >= 15 is 0 Å². The van der Waals surface area contributed by atoms with Crippen molar-refractivity contribution in [1.82, 2.24) is 0 Å². The lowest BCUT2D eigenvalue weighted by atomic mass is 9.99. The van der Waals surface area contributed by atoms with Gasteiger partial charge < -0.3 is 0 Å². The molecule has 0 aromatic heterocycles. The largest absolute Gasteiger partial charge is 0.230 e. The highest BCUT2D eigenvalue weighted by atomic mass is 17.2. The summed E-state index contributed by atoms with van der Waals surface area (Å²) < 4.78 is 0. The maximum atomic E-state index is 5.48. The zero-order chi connectivity index (χ0) is 19.9. The van der Waals surface area contributed by atoms with Crippen molar-refractivity contribution in [2.75, 3.05) is 0 Å². The first-order chi connectivity index (χ1) is 11.0. The Morgan fingerprint density at radius 3 is 1.12 bits per heavy atom. The first-order valence-electron chi connectivity index (χ1n) is 8.81. The number of rotatable bonds is 4. The second kappa shape index (κ2) is 9.13. The van der Waals surface area contributed by atoms with Gasteiger partial charge >= 0.3 is 0 Å². The van der Waals surface area contributed by atoms with Crippen molar-refractivity contribution >= 4 is 0 Å². The van der Waals surface area contributed by atoms with Crippen LogP contribution in [-0.2, 0) is 25.2 Å². The van der Waals surface area contributed by atoms with Crippen molar-refractivity contribution in [3.8, 4) is 0 Å². The highest BCUT2D eigenvalue weighted by Crippen LogP contribution is 2.26. The topological polar surface area (TPSA) is 36.9 Å². The van der Waals surface area contributed by atoms with E-state index in [1.165, 1.54) is 0 Å². The fourth-order valence-corrected chi connectivity index (χ4v) is 1.37. The molecule has 0 heterocycles.